The van der Waals surface area contributed by atoms with Crippen LogP contribution in [0.5, 0.6) is 0 Å². The van der Waals surface area contributed by atoms with Crippen LogP contribution in [0.2, 0.25) is 0 Å². The summed E-state index contributed by atoms with van der Waals surface area (Å²) in [6.07, 6.45) is -0.712. The van der Waals surface area contributed by atoms with Gasteiger partial charge in [0.1, 0.15) is 24.3 Å². The Morgan fingerprint density at radius 2 is 1.60 bits per heavy atom. The van der Waals surface area contributed by atoms with Crippen LogP contribution in [0.1, 0.15) is 40.2 Å². The first-order chi connectivity index (χ1) is 11.6. The summed E-state index contributed by atoms with van der Waals surface area (Å²) in [5.41, 5.74) is 0.203. The van der Waals surface area contributed by atoms with Crippen LogP contribution in [0.4, 0.5) is 4.79 Å². The van der Waals surface area contributed by atoms with Gasteiger partial charge in [0, 0.05) is 0 Å². The number of alkyl carbamates (subject to hydrolysis) is 1. The molecule has 0 aromatic heterocycles. The molecule has 0 aliphatic carbocycles. The van der Waals surface area contributed by atoms with Gasteiger partial charge in [0.2, 0.25) is 5.91 Å². The summed E-state index contributed by atoms with van der Waals surface area (Å²) in [6, 6.07) is 7.51. The Bertz CT molecular complexity index is 595. The van der Waals surface area contributed by atoms with E-state index in [0.717, 1.165) is 5.56 Å². The second-order valence-electron chi connectivity index (χ2n) is 6.69. The molecular weight excluding hydrogens is 324 g/mol. The lowest BCUT2D eigenvalue weighted by atomic mass is 10.2. The lowest BCUT2D eigenvalue weighted by Crippen LogP contribution is -2.50. The van der Waals surface area contributed by atoms with Crippen LogP contribution >= 0.6 is 0 Å². The van der Waals surface area contributed by atoms with E-state index < -0.39 is 35.7 Å². The summed E-state index contributed by atoms with van der Waals surface area (Å²) in [7, 11) is 0. The van der Waals surface area contributed by atoms with Crippen LogP contribution < -0.4 is 10.6 Å². The highest BCUT2D eigenvalue weighted by atomic mass is 16.6. The van der Waals surface area contributed by atoms with E-state index in [1.54, 1.807) is 20.8 Å². The summed E-state index contributed by atoms with van der Waals surface area (Å²) in [6.45, 7) is 8.35. The van der Waals surface area contributed by atoms with Gasteiger partial charge in [-0.3, -0.25) is 4.79 Å². The smallest absolute Gasteiger partial charge is 0.408 e. The molecule has 25 heavy (non-hydrogen) atoms. The second-order valence-corrected chi connectivity index (χ2v) is 6.69. The van der Waals surface area contributed by atoms with Gasteiger partial charge in [-0.05, 0) is 40.2 Å². The number of rotatable bonds is 6. The molecule has 0 aliphatic heterocycles. The molecule has 1 rings (SSSR count). The van der Waals surface area contributed by atoms with Crippen LogP contribution in [-0.4, -0.2) is 35.7 Å². The Balaban J connectivity index is 2.40. The summed E-state index contributed by atoms with van der Waals surface area (Å²) in [5.74, 6) is -1.05. The van der Waals surface area contributed by atoms with Crippen molar-refractivity contribution in [2.45, 2.75) is 58.9 Å². The fourth-order valence-electron chi connectivity index (χ4n) is 1.79. The molecule has 7 heteroatoms. The molecule has 2 N–H and O–H groups in total. The van der Waals surface area contributed by atoms with Crippen molar-refractivity contribution in [3.63, 3.8) is 0 Å². The minimum atomic E-state index is -0.854. The van der Waals surface area contributed by atoms with E-state index in [1.807, 2.05) is 30.3 Å². The van der Waals surface area contributed by atoms with Gasteiger partial charge >= 0.3 is 12.1 Å². The maximum atomic E-state index is 12.0. The molecule has 0 fully saturated rings. The number of carbonyl (C=O) groups excluding carboxylic acids is 3. The van der Waals surface area contributed by atoms with Crippen LogP contribution in [-0.2, 0) is 25.7 Å². The number of esters is 1. The average molecular weight is 350 g/mol. The monoisotopic (exact) mass is 350 g/mol. The molecule has 138 valence electrons. The third-order valence-electron chi connectivity index (χ3n) is 3.06. The predicted octanol–water partition coefficient (Wildman–Crippen LogP) is 2.15. The summed E-state index contributed by atoms with van der Waals surface area (Å²) >= 11 is 0. The molecule has 0 spiro atoms. The minimum absolute atomic E-state index is 0.106. The zero-order valence-electron chi connectivity index (χ0n) is 15.3. The number of hydrogen-bond acceptors (Lipinski definition) is 5. The Labute approximate surface area is 148 Å². The van der Waals surface area contributed by atoms with Crippen LogP contribution in [0.3, 0.4) is 0 Å². The lowest BCUT2D eigenvalue weighted by molar-refractivity contribution is -0.158. The van der Waals surface area contributed by atoms with E-state index in [-0.39, 0.29) is 6.61 Å². The van der Waals surface area contributed by atoms with Gasteiger partial charge in [0.25, 0.3) is 0 Å². The zero-order chi connectivity index (χ0) is 19.0. The highest BCUT2D eigenvalue weighted by molar-refractivity contribution is 5.89. The molecule has 7 nitrogen and oxygen atoms in total. The van der Waals surface area contributed by atoms with Crippen molar-refractivity contribution in [3.05, 3.63) is 35.9 Å². The quantitative estimate of drug-likeness (QED) is 0.767. The van der Waals surface area contributed by atoms with E-state index >= 15 is 0 Å². The largest absolute Gasteiger partial charge is 0.458 e. The van der Waals surface area contributed by atoms with E-state index in [0.29, 0.717) is 0 Å². The van der Waals surface area contributed by atoms with E-state index in [2.05, 4.69) is 10.6 Å². The molecule has 0 saturated heterocycles. The fraction of sp³-hybridized carbons (Fsp3) is 0.500. The Morgan fingerprint density at radius 1 is 1.00 bits per heavy atom. The maximum Gasteiger partial charge on any atom is 0.408 e. The Kier molecular flexibility index (Phi) is 7.42. The molecule has 0 heterocycles. The van der Waals surface area contributed by atoms with Crippen molar-refractivity contribution < 1.29 is 23.9 Å². The molecule has 1 unspecified atom stereocenters. The van der Waals surface area contributed by atoms with Crippen LogP contribution in [0, 0.1) is 0 Å². The standard InChI is InChI=1S/C18H26N2O5/c1-12(15(21)19-13(2)16(22)25-18(3,4)5)20-17(23)24-11-14-9-7-6-8-10-14/h6-10,12-13H,11H2,1-5H3,(H,19,21)(H,20,23)/t12-,13?/m0/s1. The molecule has 1 aromatic rings. The Morgan fingerprint density at radius 3 is 2.16 bits per heavy atom. The normalized spacial score (nSPS) is 13.3. The topological polar surface area (TPSA) is 93.7 Å². The molecule has 2 amide bonds. The van der Waals surface area contributed by atoms with Crippen LogP contribution in [0.25, 0.3) is 0 Å². The third-order valence-corrected chi connectivity index (χ3v) is 3.06. The van der Waals surface area contributed by atoms with Crippen molar-refractivity contribution in [2.75, 3.05) is 0 Å². The Hall–Kier alpha value is -2.57. The number of carbonyl (C=O) groups is 3. The van der Waals surface area contributed by atoms with Gasteiger partial charge in [-0.2, -0.15) is 0 Å². The second kappa shape index (κ2) is 9.05. The number of hydrogen-bond donors (Lipinski definition) is 2. The first-order valence-corrected chi connectivity index (χ1v) is 8.09. The highest BCUT2D eigenvalue weighted by Gasteiger charge is 2.25. The van der Waals surface area contributed by atoms with Gasteiger partial charge < -0.3 is 20.1 Å². The minimum Gasteiger partial charge on any atom is -0.458 e. The van der Waals surface area contributed by atoms with Gasteiger partial charge in [0.05, 0.1) is 0 Å². The van der Waals surface area contributed by atoms with Crippen molar-refractivity contribution in [1.29, 1.82) is 0 Å². The number of ether oxygens (including phenoxy) is 2. The third kappa shape index (κ3) is 8.19. The summed E-state index contributed by atoms with van der Waals surface area (Å²) in [5, 5.41) is 4.91. The molecule has 2 atom stereocenters. The summed E-state index contributed by atoms with van der Waals surface area (Å²) in [4.78, 5) is 35.6. The van der Waals surface area contributed by atoms with Gasteiger partial charge in [0.15, 0.2) is 0 Å². The molecule has 0 saturated carbocycles. The number of nitrogens with one attached hydrogen (secondary N) is 2. The number of benzene rings is 1. The predicted molar refractivity (Wildman–Crippen MR) is 92.7 cm³/mol. The van der Waals surface area contributed by atoms with E-state index in [9.17, 15) is 14.4 Å². The SMILES string of the molecule is CC(NC(=O)[C@H](C)NC(=O)OCc1ccccc1)C(=O)OC(C)(C)C. The van der Waals surface area contributed by atoms with Crippen molar-refractivity contribution in [3.8, 4) is 0 Å². The molecule has 1 aromatic carbocycles. The molecule has 0 aliphatic rings. The van der Waals surface area contributed by atoms with Gasteiger partial charge in [-0.25, -0.2) is 9.59 Å². The molecule has 0 bridgehead atoms. The van der Waals surface area contributed by atoms with Gasteiger partial charge in [-0.1, -0.05) is 30.3 Å². The average Bonchev–Trinajstić information content (AvgIpc) is 2.52. The zero-order valence-corrected chi connectivity index (χ0v) is 15.3. The fourth-order valence-corrected chi connectivity index (χ4v) is 1.79. The van der Waals surface area contributed by atoms with Crippen molar-refractivity contribution in [2.24, 2.45) is 0 Å². The van der Waals surface area contributed by atoms with Crippen LogP contribution in [0.15, 0.2) is 30.3 Å². The summed E-state index contributed by atoms with van der Waals surface area (Å²) < 4.78 is 10.2. The van der Waals surface area contributed by atoms with Crippen molar-refractivity contribution >= 4 is 18.0 Å². The highest BCUT2D eigenvalue weighted by Crippen LogP contribution is 2.08. The first-order valence-electron chi connectivity index (χ1n) is 8.09. The van der Waals surface area contributed by atoms with E-state index in [4.69, 9.17) is 9.47 Å². The maximum absolute atomic E-state index is 12.0. The molecular formula is C18H26N2O5. The van der Waals surface area contributed by atoms with Gasteiger partial charge in [-0.15, -0.1) is 0 Å². The first kappa shape index (κ1) is 20.5. The molecule has 0 radical (unpaired) electrons. The van der Waals surface area contributed by atoms with Crippen molar-refractivity contribution in [1.82, 2.24) is 10.6 Å². The van der Waals surface area contributed by atoms with E-state index in [1.165, 1.54) is 13.8 Å². The lowest BCUT2D eigenvalue weighted by Gasteiger charge is -2.23. The number of amides is 2.